The molecule has 2 unspecified atom stereocenters. The molecule has 0 aliphatic carbocycles. The number of nitrogen functional groups attached to an aromatic ring is 2. The van der Waals surface area contributed by atoms with Crippen LogP contribution in [0.5, 0.6) is 0 Å². The Morgan fingerprint density at radius 3 is 2.36 bits per heavy atom. The molecule has 0 radical (unpaired) electrons. The summed E-state index contributed by atoms with van der Waals surface area (Å²) in [7, 11) is 0. The summed E-state index contributed by atoms with van der Waals surface area (Å²) in [6.45, 7) is 3.75. The quantitative estimate of drug-likeness (QED) is 0.527. The molecule has 1 aromatic rings. The molecule has 4 heteroatoms. The minimum Gasteiger partial charge on any atom is -0.397 e. The van der Waals surface area contributed by atoms with Gasteiger partial charge in [-0.05, 0) is 25.1 Å². The minimum absolute atomic E-state index is 0.151. The lowest BCUT2D eigenvalue weighted by molar-refractivity contribution is 0.196. The number of thioether (sulfide) groups is 1. The zero-order valence-electron chi connectivity index (χ0n) is 8.40. The Bertz CT molecular complexity index is 315. The van der Waals surface area contributed by atoms with Crippen LogP contribution in [0.2, 0.25) is 0 Å². The summed E-state index contributed by atoms with van der Waals surface area (Å²) < 4.78 is 0. The van der Waals surface area contributed by atoms with Crippen molar-refractivity contribution < 1.29 is 5.11 Å². The van der Waals surface area contributed by atoms with Gasteiger partial charge < -0.3 is 16.6 Å². The third-order valence-electron chi connectivity index (χ3n) is 2.06. The van der Waals surface area contributed by atoms with Crippen molar-refractivity contribution in [1.29, 1.82) is 0 Å². The first kappa shape index (κ1) is 11.2. The Morgan fingerprint density at radius 2 is 1.86 bits per heavy atom. The van der Waals surface area contributed by atoms with Crippen LogP contribution < -0.4 is 11.5 Å². The first-order valence-electron chi connectivity index (χ1n) is 4.50. The number of nitrogens with two attached hydrogens (primary N) is 2. The highest BCUT2D eigenvalue weighted by Crippen LogP contribution is 2.28. The maximum absolute atomic E-state index is 9.33. The van der Waals surface area contributed by atoms with E-state index in [4.69, 9.17) is 11.5 Å². The average molecular weight is 212 g/mol. The second kappa shape index (κ2) is 4.57. The van der Waals surface area contributed by atoms with Gasteiger partial charge in [0.2, 0.25) is 0 Å². The van der Waals surface area contributed by atoms with Crippen LogP contribution in [-0.4, -0.2) is 16.5 Å². The van der Waals surface area contributed by atoms with E-state index in [1.54, 1.807) is 24.8 Å². The predicted octanol–water partition coefficient (Wildman–Crippen LogP) is 1.71. The topological polar surface area (TPSA) is 72.3 Å². The maximum atomic E-state index is 9.33. The Labute approximate surface area is 88.5 Å². The lowest BCUT2D eigenvalue weighted by Crippen LogP contribution is -2.14. The van der Waals surface area contributed by atoms with E-state index >= 15 is 0 Å². The summed E-state index contributed by atoms with van der Waals surface area (Å²) in [6.07, 6.45) is -0.334. The molecule has 5 N–H and O–H groups in total. The molecule has 0 fully saturated rings. The van der Waals surface area contributed by atoms with Gasteiger partial charge in [-0.1, -0.05) is 6.92 Å². The van der Waals surface area contributed by atoms with E-state index in [1.165, 1.54) is 0 Å². The number of hydrogen-bond acceptors (Lipinski definition) is 4. The van der Waals surface area contributed by atoms with Gasteiger partial charge in [-0.2, -0.15) is 0 Å². The third kappa shape index (κ3) is 2.82. The van der Waals surface area contributed by atoms with Crippen molar-refractivity contribution in [2.45, 2.75) is 30.1 Å². The highest BCUT2D eigenvalue weighted by atomic mass is 32.2. The van der Waals surface area contributed by atoms with E-state index in [9.17, 15) is 5.11 Å². The van der Waals surface area contributed by atoms with Gasteiger partial charge in [0.15, 0.2) is 0 Å². The fourth-order valence-corrected chi connectivity index (χ4v) is 1.91. The summed E-state index contributed by atoms with van der Waals surface area (Å²) >= 11 is 1.59. The van der Waals surface area contributed by atoms with Crippen molar-refractivity contribution in [1.82, 2.24) is 0 Å². The van der Waals surface area contributed by atoms with Gasteiger partial charge >= 0.3 is 0 Å². The fourth-order valence-electron chi connectivity index (χ4n) is 0.939. The average Bonchev–Trinajstić information content (AvgIpc) is 2.11. The van der Waals surface area contributed by atoms with Crippen LogP contribution in [0.15, 0.2) is 23.1 Å². The van der Waals surface area contributed by atoms with Crippen LogP contribution >= 0.6 is 11.8 Å². The Morgan fingerprint density at radius 1 is 1.21 bits per heavy atom. The van der Waals surface area contributed by atoms with E-state index in [0.717, 1.165) is 4.90 Å². The van der Waals surface area contributed by atoms with Crippen molar-refractivity contribution in [2.75, 3.05) is 11.5 Å². The highest BCUT2D eigenvalue weighted by Gasteiger charge is 2.10. The number of benzene rings is 1. The Kier molecular flexibility index (Phi) is 3.66. The first-order chi connectivity index (χ1) is 6.50. The number of hydrogen-bond donors (Lipinski definition) is 3. The molecule has 0 bridgehead atoms. The van der Waals surface area contributed by atoms with Gasteiger partial charge in [-0.3, -0.25) is 0 Å². The van der Waals surface area contributed by atoms with Crippen molar-refractivity contribution in [3.8, 4) is 0 Å². The summed E-state index contributed by atoms with van der Waals surface area (Å²) in [5, 5.41) is 9.48. The van der Waals surface area contributed by atoms with Crippen LogP contribution in [0.4, 0.5) is 11.4 Å². The molecular weight excluding hydrogens is 196 g/mol. The second-order valence-corrected chi connectivity index (χ2v) is 4.80. The molecule has 2 atom stereocenters. The molecular formula is C10H16N2OS. The summed E-state index contributed by atoms with van der Waals surface area (Å²) in [5.41, 5.74) is 12.5. The van der Waals surface area contributed by atoms with Gasteiger partial charge in [0, 0.05) is 10.1 Å². The molecule has 0 aliphatic heterocycles. The van der Waals surface area contributed by atoms with Crippen molar-refractivity contribution in [3.63, 3.8) is 0 Å². The van der Waals surface area contributed by atoms with E-state index in [2.05, 4.69) is 0 Å². The molecule has 0 aromatic heterocycles. The summed E-state index contributed by atoms with van der Waals surface area (Å²) in [4.78, 5) is 1.03. The molecule has 0 aliphatic rings. The Hall–Kier alpha value is -0.870. The van der Waals surface area contributed by atoms with Crippen LogP contribution in [-0.2, 0) is 0 Å². The van der Waals surface area contributed by atoms with Gasteiger partial charge in [-0.15, -0.1) is 11.8 Å². The molecule has 1 rings (SSSR count). The van der Waals surface area contributed by atoms with Crippen LogP contribution in [0.25, 0.3) is 0 Å². The van der Waals surface area contributed by atoms with Crippen molar-refractivity contribution >= 4 is 23.1 Å². The smallest absolute Gasteiger partial charge is 0.0631 e. The normalized spacial score (nSPS) is 15.1. The van der Waals surface area contributed by atoms with Crippen molar-refractivity contribution in [3.05, 3.63) is 18.2 Å². The second-order valence-electron chi connectivity index (χ2n) is 3.35. The molecule has 0 amide bonds. The minimum atomic E-state index is -0.334. The zero-order valence-corrected chi connectivity index (χ0v) is 9.21. The number of aliphatic hydroxyl groups excluding tert-OH is 1. The number of anilines is 2. The van der Waals surface area contributed by atoms with E-state index in [-0.39, 0.29) is 11.4 Å². The van der Waals surface area contributed by atoms with Crippen LogP contribution in [0.3, 0.4) is 0 Å². The van der Waals surface area contributed by atoms with Crippen LogP contribution in [0.1, 0.15) is 13.8 Å². The molecule has 78 valence electrons. The van der Waals surface area contributed by atoms with Gasteiger partial charge in [-0.25, -0.2) is 0 Å². The molecule has 0 saturated carbocycles. The molecule has 3 nitrogen and oxygen atoms in total. The number of rotatable bonds is 3. The predicted molar refractivity (Wildman–Crippen MR) is 62.3 cm³/mol. The van der Waals surface area contributed by atoms with Crippen molar-refractivity contribution in [2.24, 2.45) is 0 Å². The Balaban J connectivity index is 2.73. The SMILES string of the molecule is CC(O)C(C)Sc1ccc(N)c(N)c1. The lowest BCUT2D eigenvalue weighted by Gasteiger charge is -2.14. The molecule has 14 heavy (non-hydrogen) atoms. The van der Waals surface area contributed by atoms with E-state index < -0.39 is 0 Å². The van der Waals surface area contributed by atoms with Crippen LogP contribution in [0, 0.1) is 0 Å². The van der Waals surface area contributed by atoms with Gasteiger partial charge in [0.1, 0.15) is 0 Å². The van der Waals surface area contributed by atoms with E-state index in [1.807, 2.05) is 19.1 Å². The zero-order chi connectivity index (χ0) is 10.7. The highest BCUT2D eigenvalue weighted by molar-refractivity contribution is 8.00. The standard InChI is InChI=1S/C10H16N2OS/c1-6(13)7(2)14-8-3-4-9(11)10(12)5-8/h3-7,13H,11-12H2,1-2H3. The van der Waals surface area contributed by atoms with Gasteiger partial charge in [0.05, 0.1) is 17.5 Å². The molecule has 0 heterocycles. The maximum Gasteiger partial charge on any atom is 0.0631 e. The summed E-state index contributed by atoms with van der Waals surface area (Å²) in [5.74, 6) is 0. The largest absolute Gasteiger partial charge is 0.397 e. The molecule has 0 saturated heterocycles. The lowest BCUT2D eigenvalue weighted by atomic mass is 10.3. The number of aliphatic hydroxyl groups is 1. The monoisotopic (exact) mass is 212 g/mol. The first-order valence-corrected chi connectivity index (χ1v) is 5.38. The summed E-state index contributed by atoms with van der Waals surface area (Å²) in [6, 6.07) is 5.53. The fraction of sp³-hybridized carbons (Fsp3) is 0.400. The molecule has 0 spiro atoms. The van der Waals surface area contributed by atoms with Gasteiger partial charge in [0.25, 0.3) is 0 Å². The molecule has 1 aromatic carbocycles. The van der Waals surface area contributed by atoms with E-state index in [0.29, 0.717) is 11.4 Å². The third-order valence-corrected chi connectivity index (χ3v) is 3.35.